The van der Waals surface area contributed by atoms with Gasteiger partial charge < -0.3 is 20.3 Å². The third-order valence-electron chi connectivity index (χ3n) is 13.3. The largest absolute Gasteiger partial charge is 0.466 e. The molecule has 0 saturated carbocycles. The predicted molar refractivity (Wildman–Crippen MR) is 273 cm³/mol. The van der Waals surface area contributed by atoms with Crippen molar-refractivity contribution < 1.29 is 24.5 Å². The number of aliphatic hydroxyl groups excluding tert-OH is 2. The SMILES string of the molecule is CCCCCCCCCCCCCCCCCCCCCCCCCC(O)C(CO)NC(=O)CCC/C=C\CCCCCCOC(=O)CCCCCCCCCCCCCCCC. The number of ether oxygens (including phenoxy) is 1. The summed E-state index contributed by atoms with van der Waals surface area (Å²) in [6, 6.07) is -0.579. The maximum absolute atomic E-state index is 12.5. The first-order valence-electron chi connectivity index (χ1n) is 28.4. The van der Waals surface area contributed by atoms with E-state index in [9.17, 15) is 19.8 Å². The third-order valence-corrected chi connectivity index (χ3v) is 13.3. The van der Waals surface area contributed by atoms with Crippen LogP contribution in [0.4, 0.5) is 0 Å². The van der Waals surface area contributed by atoms with E-state index in [0.29, 0.717) is 25.9 Å². The maximum atomic E-state index is 12.5. The van der Waals surface area contributed by atoms with Crippen LogP contribution in [0.5, 0.6) is 0 Å². The van der Waals surface area contributed by atoms with Gasteiger partial charge in [-0.1, -0.05) is 270 Å². The number of aliphatic hydroxyl groups is 2. The molecule has 374 valence electrons. The fraction of sp³-hybridized carbons (Fsp3) is 0.930. The average molecular weight is 891 g/mol. The molecule has 6 nitrogen and oxygen atoms in total. The van der Waals surface area contributed by atoms with Crippen molar-refractivity contribution in [2.45, 2.75) is 328 Å². The second-order valence-electron chi connectivity index (χ2n) is 19.6. The molecular formula is C57H111NO5. The van der Waals surface area contributed by atoms with Gasteiger partial charge in [-0.25, -0.2) is 0 Å². The van der Waals surface area contributed by atoms with Gasteiger partial charge in [0.05, 0.1) is 25.4 Å². The van der Waals surface area contributed by atoms with Gasteiger partial charge in [-0.05, 0) is 44.9 Å². The van der Waals surface area contributed by atoms with Gasteiger partial charge in [0, 0.05) is 12.8 Å². The normalized spacial score (nSPS) is 12.6. The van der Waals surface area contributed by atoms with E-state index in [0.717, 1.165) is 70.6 Å². The monoisotopic (exact) mass is 890 g/mol. The van der Waals surface area contributed by atoms with Gasteiger partial charge >= 0.3 is 5.97 Å². The molecule has 0 aliphatic carbocycles. The van der Waals surface area contributed by atoms with E-state index in [1.807, 2.05) is 0 Å². The van der Waals surface area contributed by atoms with Gasteiger partial charge in [-0.15, -0.1) is 0 Å². The summed E-state index contributed by atoms with van der Waals surface area (Å²) in [6.07, 6.45) is 62.1. The number of allylic oxidation sites excluding steroid dienone is 2. The molecule has 0 spiro atoms. The first kappa shape index (κ1) is 61.6. The van der Waals surface area contributed by atoms with Crippen LogP contribution in [0.15, 0.2) is 12.2 Å². The van der Waals surface area contributed by atoms with E-state index < -0.39 is 12.1 Å². The van der Waals surface area contributed by atoms with Crippen molar-refractivity contribution in [2.24, 2.45) is 0 Å². The van der Waals surface area contributed by atoms with Crippen molar-refractivity contribution in [3.8, 4) is 0 Å². The second-order valence-corrected chi connectivity index (χ2v) is 19.6. The Morgan fingerprint density at radius 1 is 0.429 bits per heavy atom. The first-order chi connectivity index (χ1) is 31.0. The lowest BCUT2D eigenvalue weighted by atomic mass is 10.0. The highest BCUT2D eigenvalue weighted by Gasteiger charge is 2.20. The van der Waals surface area contributed by atoms with Crippen LogP contribution < -0.4 is 5.32 Å². The van der Waals surface area contributed by atoms with Crippen molar-refractivity contribution in [3.05, 3.63) is 12.2 Å². The third kappa shape index (κ3) is 49.9. The molecule has 6 heteroatoms. The highest BCUT2D eigenvalue weighted by molar-refractivity contribution is 5.76. The topological polar surface area (TPSA) is 95.9 Å². The van der Waals surface area contributed by atoms with Gasteiger partial charge in [0.15, 0.2) is 0 Å². The van der Waals surface area contributed by atoms with Crippen molar-refractivity contribution in [2.75, 3.05) is 13.2 Å². The van der Waals surface area contributed by atoms with E-state index in [-0.39, 0.29) is 18.5 Å². The van der Waals surface area contributed by atoms with Crippen LogP contribution in [-0.4, -0.2) is 47.4 Å². The molecule has 0 rings (SSSR count). The molecule has 0 aromatic heterocycles. The number of amides is 1. The van der Waals surface area contributed by atoms with E-state index in [2.05, 4.69) is 31.3 Å². The molecule has 0 saturated heterocycles. The second kappa shape index (κ2) is 53.2. The molecule has 0 bridgehead atoms. The van der Waals surface area contributed by atoms with Gasteiger partial charge in [-0.3, -0.25) is 9.59 Å². The molecule has 0 aliphatic heterocycles. The summed E-state index contributed by atoms with van der Waals surface area (Å²) in [6.45, 7) is 4.89. The van der Waals surface area contributed by atoms with Crippen LogP contribution in [0.1, 0.15) is 316 Å². The number of unbranched alkanes of at least 4 members (excludes halogenated alkanes) is 40. The Morgan fingerprint density at radius 2 is 0.762 bits per heavy atom. The molecule has 2 unspecified atom stereocenters. The quantitative estimate of drug-likeness (QED) is 0.0321. The molecule has 0 radical (unpaired) electrons. The van der Waals surface area contributed by atoms with Gasteiger partial charge in [-0.2, -0.15) is 0 Å². The van der Waals surface area contributed by atoms with Gasteiger partial charge in [0.2, 0.25) is 5.91 Å². The number of nitrogens with one attached hydrogen (secondary N) is 1. The summed E-state index contributed by atoms with van der Waals surface area (Å²) < 4.78 is 5.45. The molecule has 0 aliphatic rings. The first-order valence-corrected chi connectivity index (χ1v) is 28.4. The summed E-state index contributed by atoms with van der Waals surface area (Å²) in [5, 5.41) is 23.3. The Kier molecular flexibility index (Phi) is 52.0. The van der Waals surface area contributed by atoms with E-state index in [4.69, 9.17) is 4.74 Å². The molecule has 3 N–H and O–H groups in total. The van der Waals surface area contributed by atoms with Crippen LogP contribution in [0, 0.1) is 0 Å². The highest BCUT2D eigenvalue weighted by Crippen LogP contribution is 2.18. The smallest absolute Gasteiger partial charge is 0.305 e. The summed E-state index contributed by atoms with van der Waals surface area (Å²) in [5.74, 6) is -0.124. The Morgan fingerprint density at radius 3 is 1.16 bits per heavy atom. The fourth-order valence-corrected chi connectivity index (χ4v) is 8.94. The Labute approximate surface area is 393 Å². The Bertz CT molecular complexity index is 939. The number of rotatable bonds is 53. The average Bonchev–Trinajstić information content (AvgIpc) is 3.28. The molecule has 1 amide bonds. The van der Waals surface area contributed by atoms with E-state index >= 15 is 0 Å². The minimum absolute atomic E-state index is 0.0323. The van der Waals surface area contributed by atoms with Crippen molar-refractivity contribution in [3.63, 3.8) is 0 Å². The minimum atomic E-state index is -0.695. The molecule has 63 heavy (non-hydrogen) atoms. The lowest BCUT2D eigenvalue weighted by Gasteiger charge is -2.22. The zero-order chi connectivity index (χ0) is 45.8. The number of hydrogen-bond donors (Lipinski definition) is 3. The summed E-state index contributed by atoms with van der Waals surface area (Å²) in [4.78, 5) is 24.5. The number of carbonyl (C=O) groups excluding carboxylic acids is 2. The lowest BCUT2D eigenvalue weighted by Crippen LogP contribution is -2.45. The fourth-order valence-electron chi connectivity index (χ4n) is 8.94. The van der Waals surface area contributed by atoms with Crippen LogP contribution in [-0.2, 0) is 14.3 Å². The maximum Gasteiger partial charge on any atom is 0.305 e. The van der Waals surface area contributed by atoms with Gasteiger partial charge in [0.1, 0.15) is 0 Å². The molecule has 0 fully saturated rings. The van der Waals surface area contributed by atoms with Crippen LogP contribution >= 0.6 is 0 Å². The molecule has 0 aromatic carbocycles. The highest BCUT2D eigenvalue weighted by atomic mass is 16.5. The van der Waals surface area contributed by atoms with Gasteiger partial charge in [0.25, 0.3) is 0 Å². The predicted octanol–water partition coefficient (Wildman–Crippen LogP) is 17.3. The molecular weight excluding hydrogens is 779 g/mol. The molecule has 2 atom stereocenters. The van der Waals surface area contributed by atoms with Crippen molar-refractivity contribution in [1.82, 2.24) is 5.32 Å². The summed E-state index contributed by atoms with van der Waals surface area (Å²) in [7, 11) is 0. The summed E-state index contributed by atoms with van der Waals surface area (Å²) >= 11 is 0. The Balaban J connectivity index is 3.50. The van der Waals surface area contributed by atoms with Crippen molar-refractivity contribution >= 4 is 11.9 Å². The number of hydrogen-bond acceptors (Lipinski definition) is 5. The zero-order valence-corrected chi connectivity index (χ0v) is 42.6. The molecule has 0 aromatic rings. The zero-order valence-electron chi connectivity index (χ0n) is 42.6. The Hall–Kier alpha value is -1.40. The summed E-state index contributed by atoms with van der Waals surface area (Å²) in [5.41, 5.74) is 0. The van der Waals surface area contributed by atoms with Crippen molar-refractivity contribution in [1.29, 1.82) is 0 Å². The number of carbonyl (C=O) groups is 2. The standard InChI is InChI=1S/C57H111NO5/c1-3-5-7-9-11-13-15-17-19-20-21-22-23-24-25-26-27-28-30-33-37-41-45-49-55(60)54(53-59)58-56(61)50-46-42-38-34-32-36-40-44-48-52-63-57(62)51-47-43-39-35-31-29-18-16-14-12-10-8-6-4-2/h34,38,54-55,59-60H,3-33,35-37,39-53H2,1-2H3,(H,58,61)/b38-34-. The van der Waals surface area contributed by atoms with E-state index in [1.54, 1.807) is 0 Å². The molecule has 0 heterocycles. The number of esters is 1. The van der Waals surface area contributed by atoms with Crippen LogP contribution in [0.3, 0.4) is 0 Å². The van der Waals surface area contributed by atoms with E-state index in [1.165, 1.54) is 212 Å². The lowest BCUT2D eigenvalue weighted by molar-refractivity contribution is -0.143. The van der Waals surface area contributed by atoms with Crippen LogP contribution in [0.2, 0.25) is 0 Å². The van der Waals surface area contributed by atoms with Crippen LogP contribution in [0.25, 0.3) is 0 Å². The minimum Gasteiger partial charge on any atom is -0.466 e.